The molecule has 7 nitrogen and oxygen atoms in total. The van der Waals surface area contributed by atoms with Crippen molar-refractivity contribution in [3.05, 3.63) is 0 Å². The van der Waals surface area contributed by atoms with Gasteiger partial charge in [-0.25, -0.2) is 4.79 Å². The molecule has 0 aromatic carbocycles. The van der Waals surface area contributed by atoms with Crippen molar-refractivity contribution < 1.29 is 35.1 Å². The maximum atomic E-state index is 10.3. The lowest BCUT2D eigenvalue weighted by molar-refractivity contribution is -0.195. The predicted molar refractivity (Wildman–Crippen MR) is 46.0 cm³/mol. The summed E-state index contributed by atoms with van der Waals surface area (Å²) in [6, 6.07) is 0. The van der Waals surface area contributed by atoms with Crippen molar-refractivity contribution in [3.63, 3.8) is 0 Å². The van der Waals surface area contributed by atoms with Crippen LogP contribution >= 0.6 is 0 Å². The fraction of sp³-hybridized carbons (Fsp3) is 0.875. The van der Waals surface area contributed by atoms with Crippen LogP contribution in [0.5, 0.6) is 0 Å². The Balaban J connectivity index is 2.53. The minimum Gasteiger partial charge on any atom is -0.479 e. The first-order valence-corrected chi connectivity index (χ1v) is 4.50. The van der Waals surface area contributed by atoms with Crippen molar-refractivity contribution in [1.29, 1.82) is 0 Å². The largest absolute Gasteiger partial charge is 0.479 e. The van der Waals surface area contributed by atoms with Crippen LogP contribution in [0.15, 0.2) is 0 Å². The third-order valence-corrected chi connectivity index (χ3v) is 2.35. The third-order valence-electron chi connectivity index (χ3n) is 2.35. The zero-order chi connectivity index (χ0) is 11.6. The van der Waals surface area contributed by atoms with Crippen molar-refractivity contribution in [2.24, 2.45) is 0 Å². The van der Waals surface area contributed by atoms with Crippen LogP contribution in [0.2, 0.25) is 0 Å². The number of carboxylic acids is 1. The average molecular weight is 222 g/mol. The van der Waals surface area contributed by atoms with Gasteiger partial charge in [0.05, 0.1) is 12.7 Å². The lowest BCUT2D eigenvalue weighted by Crippen LogP contribution is -2.53. The second-order valence-electron chi connectivity index (χ2n) is 3.51. The molecule has 5 unspecified atom stereocenters. The monoisotopic (exact) mass is 222 g/mol. The quantitative estimate of drug-likeness (QED) is 0.351. The number of carboxylic acid groups (broad SMARTS) is 1. The van der Waals surface area contributed by atoms with Crippen molar-refractivity contribution in [3.8, 4) is 0 Å². The Kier molecular flexibility index (Phi) is 4.00. The number of aliphatic hydroxyl groups excluding tert-OH is 4. The molecule has 5 N–H and O–H groups in total. The van der Waals surface area contributed by atoms with E-state index < -0.39 is 36.5 Å². The molecule has 0 bridgehead atoms. The second kappa shape index (κ2) is 4.86. The van der Waals surface area contributed by atoms with E-state index in [-0.39, 0.29) is 13.0 Å². The average Bonchev–Trinajstić information content (AvgIpc) is 2.18. The summed E-state index contributed by atoms with van der Waals surface area (Å²) in [5.41, 5.74) is 0. The van der Waals surface area contributed by atoms with E-state index in [4.69, 9.17) is 20.1 Å². The van der Waals surface area contributed by atoms with Gasteiger partial charge in [0.1, 0.15) is 18.3 Å². The van der Waals surface area contributed by atoms with Crippen LogP contribution < -0.4 is 0 Å². The lowest BCUT2D eigenvalue weighted by atomic mass is 9.96. The highest BCUT2D eigenvalue weighted by Crippen LogP contribution is 2.19. The molecule has 5 atom stereocenters. The standard InChI is InChI=1S/C8H14O7/c9-3(8(13)14)1-5-7(12)6(11)4(10)2-15-5/h3-7,9-12H,1-2H2,(H,13,14). The number of hydrogen-bond acceptors (Lipinski definition) is 6. The van der Waals surface area contributed by atoms with E-state index in [1.807, 2.05) is 0 Å². The van der Waals surface area contributed by atoms with Crippen molar-refractivity contribution in [2.45, 2.75) is 36.9 Å². The van der Waals surface area contributed by atoms with Gasteiger partial charge in [0, 0.05) is 6.42 Å². The van der Waals surface area contributed by atoms with Crippen LogP contribution in [-0.4, -0.2) is 68.6 Å². The van der Waals surface area contributed by atoms with E-state index in [2.05, 4.69) is 0 Å². The summed E-state index contributed by atoms with van der Waals surface area (Å²) in [6.45, 7) is -0.199. The minimum absolute atomic E-state index is 0.199. The molecule has 0 radical (unpaired) electrons. The number of hydrogen-bond donors (Lipinski definition) is 5. The van der Waals surface area contributed by atoms with Gasteiger partial charge in [-0.1, -0.05) is 0 Å². The Labute approximate surface area is 85.5 Å². The molecule has 88 valence electrons. The maximum absolute atomic E-state index is 10.3. The summed E-state index contributed by atoms with van der Waals surface area (Å²) in [5.74, 6) is -1.42. The van der Waals surface area contributed by atoms with Gasteiger partial charge in [-0.2, -0.15) is 0 Å². The summed E-state index contributed by atoms with van der Waals surface area (Å²) in [5, 5.41) is 45.2. The van der Waals surface area contributed by atoms with Crippen LogP contribution in [-0.2, 0) is 9.53 Å². The van der Waals surface area contributed by atoms with Gasteiger partial charge in [-0.3, -0.25) is 0 Å². The van der Waals surface area contributed by atoms with Crippen molar-refractivity contribution >= 4 is 5.97 Å². The first-order chi connectivity index (χ1) is 6.93. The molecular formula is C8H14O7. The summed E-state index contributed by atoms with van der Waals surface area (Å²) >= 11 is 0. The maximum Gasteiger partial charge on any atom is 0.332 e. The SMILES string of the molecule is O=C(O)C(O)CC1OCC(O)C(O)C1O. The molecule has 1 aliphatic rings. The summed E-state index contributed by atoms with van der Waals surface area (Å²) in [7, 11) is 0. The number of rotatable bonds is 3. The van der Waals surface area contributed by atoms with Gasteiger partial charge in [0.15, 0.2) is 6.10 Å². The third kappa shape index (κ3) is 2.86. The van der Waals surface area contributed by atoms with Crippen molar-refractivity contribution in [2.75, 3.05) is 6.61 Å². The summed E-state index contributed by atoms with van der Waals surface area (Å²) < 4.78 is 4.91. The molecule has 0 spiro atoms. The molecule has 15 heavy (non-hydrogen) atoms. The van der Waals surface area contributed by atoms with Crippen LogP contribution in [0.3, 0.4) is 0 Å². The Hall–Kier alpha value is -0.730. The van der Waals surface area contributed by atoms with E-state index in [1.165, 1.54) is 0 Å². The van der Waals surface area contributed by atoms with E-state index >= 15 is 0 Å². The second-order valence-corrected chi connectivity index (χ2v) is 3.51. The highest BCUT2D eigenvalue weighted by molar-refractivity contribution is 5.71. The normalized spacial score (nSPS) is 38.7. The highest BCUT2D eigenvalue weighted by atomic mass is 16.5. The van der Waals surface area contributed by atoms with Gasteiger partial charge in [-0.15, -0.1) is 0 Å². The first-order valence-electron chi connectivity index (χ1n) is 4.50. The van der Waals surface area contributed by atoms with E-state index in [0.29, 0.717) is 0 Å². The van der Waals surface area contributed by atoms with Gasteiger partial charge >= 0.3 is 5.97 Å². The Bertz CT molecular complexity index is 231. The molecule has 1 fully saturated rings. The van der Waals surface area contributed by atoms with Gasteiger partial charge in [-0.05, 0) is 0 Å². The molecule has 0 amide bonds. The van der Waals surface area contributed by atoms with Crippen LogP contribution in [0.4, 0.5) is 0 Å². The van der Waals surface area contributed by atoms with E-state index in [1.54, 1.807) is 0 Å². The Morgan fingerprint density at radius 3 is 2.47 bits per heavy atom. The number of carbonyl (C=O) groups is 1. The molecule has 0 aromatic rings. The highest BCUT2D eigenvalue weighted by Gasteiger charge is 2.39. The van der Waals surface area contributed by atoms with Crippen molar-refractivity contribution in [1.82, 2.24) is 0 Å². The van der Waals surface area contributed by atoms with Gasteiger partial charge in [0.2, 0.25) is 0 Å². The molecule has 7 heteroatoms. The molecule has 0 saturated carbocycles. The number of aliphatic carboxylic acids is 1. The zero-order valence-corrected chi connectivity index (χ0v) is 7.85. The lowest BCUT2D eigenvalue weighted by Gasteiger charge is -2.35. The molecule has 1 saturated heterocycles. The smallest absolute Gasteiger partial charge is 0.332 e. The first kappa shape index (κ1) is 12.3. The zero-order valence-electron chi connectivity index (χ0n) is 7.85. The molecular weight excluding hydrogens is 208 g/mol. The number of ether oxygens (including phenoxy) is 1. The molecule has 0 aliphatic carbocycles. The summed E-state index contributed by atoms with van der Waals surface area (Å²) in [4.78, 5) is 10.3. The topological polar surface area (TPSA) is 127 Å². The molecule has 1 rings (SSSR count). The molecule has 1 aliphatic heterocycles. The number of aliphatic hydroxyl groups is 4. The fourth-order valence-corrected chi connectivity index (χ4v) is 1.40. The van der Waals surface area contributed by atoms with E-state index in [0.717, 1.165) is 0 Å². The Morgan fingerprint density at radius 2 is 1.93 bits per heavy atom. The minimum atomic E-state index is -1.66. The fourth-order valence-electron chi connectivity index (χ4n) is 1.40. The summed E-state index contributed by atoms with van der Waals surface area (Å²) in [6.07, 6.45) is -6.97. The predicted octanol–water partition coefficient (Wildman–Crippen LogP) is -2.70. The van der Waals surface area contributed by atoms with E-state index in [9.17, 15) is 15.0 Å². The van der Waals surface area contributed by atoms with Crippen LogP contribution in [0.1, 0.15) is 6.42 Å². The van der Waals surface area contributed by atoms with Gasteiger partial charge < -0.3 is 30.3 Å². The molecule has 1 heterocycles. The Morgan fingerprint density at radius 1 is 1.33 bits per heavy atom. The van der Waals surface area contributed by atoms with Crippen LogP contribution in [0.25, 0.3) is 0 Å². The van der Waals surface area contributed by atoms with Gasteiger partial charge in [0.25, 0.3) is 0 Å². The molecule has 0 aromatic heterocycles. The van der Waals surface area contributed by atoms with Crippen LogP contribution in [0, 0.1) is 0 Å².